The average Bonchev–Trinajstić information content (AvgIpc) is 3.46. The minimum Gasteiger partial charge on any atom is -0.331 e. The second-order valence-electron chi connectivity index (χ2n) is 9.84. The van der Waals surface area contributed by atoms with Crippen LogP contribution in [-0.4, -0.2) is 75.5 Å². The molecule has 0 radical (unpaired) electrons. The predicted octanol–water partition coefficient (Wildman–Crippen LogP) is -0.728. The smallest absolute Gasteiger partial charge is 0.278 e. The van der Waals surface area contributed by atoms with Crippen molar-refractivity contribution in [2.75, 3.05) is 44.2 Å². The van der Waals surface area contributed by atoms with Gasteiger partial charge in [0.1, 0.15) is 32.7 Å². The Morgan fingerprint density at radius 3 is 2.17 bits per heavy atom. The summed E-state index contributed by atoms with van der Waals surface area (Å²) in [7, 11) is -2.96. The summed E-state index contributed by atoms with van der Waals surface area (Å²) >= 11 is 0. The van der Waals surface area contributed by atoms with E-state index in [-0.39, 0.29) is 29.5 Å². The lowest BCUT2D eigenvalue weighted by atomic mass is 10.0. The second-order valence-corrected chi connectivity index (χ2v) is 12.1. The van der Waals surface area contributed by atoms with Gasteiger partial charge in [-0.15, -0.1) is 0 Å². The summed E-state index contributed by atoms with van der Waals surface area (Å²) < 4.78 is 23.8. The van der Waals surface area contributed by atoms with Crippen LogP contribution in [0.1, 0.15) is 50.2 Å². The summed E-state index contributed by atoms with van der Waals surface area (Å²) in [6, 6.07) is 9.21. The van der Waals surface area contributed by atoms with E-state index in [4.69, 9.17) is 0 Å². The molecule has 6 nitrogen and oxygen atoms in total. The minimum atomic E-state index is -2.96. The highest BCUT2D eigenvalue weighted by atomic mass is 32.2. The van der Waals surface area contributed by atoms with Crippen LogP contribution < -0.4 is 9.80 Å². The molecule has 3 fully saturated rings. The first-order valence-corrected chi connectivity index (χ1v) is 13.4. The normalized spacial score (nSPS) is 28.6. The Labute approximate surface area is 181 Å². The highest BCUT2D eigenvalue weighted by Crippen LogP contribution is 2.32. The molecule has 30 heavy (non-hydrogen) atoms. The predicted molar refractivity (Wildman–Crippen MR) is 117 cm³/mol. The van der Waals surface area contributed by atoms with E-state index in [0.717, 1.165) is 45.6 Å². The molecule has 0 aromatic heterocycles. The van der Waals surface area contributed by atoms with Gasteiger partial charge in [-0.05, 0) is 30.7 Å². The zero-order chi connectivity index (χ0) is 21.3. The standard InChI is InChI=1S/C23H35N3O3S/c1-18(2)20-5-3-19(4-6-20)15-24-10-12-25(13-11-24)16-23(27)26(21-7-8-21)22-9-14-30(28,29)17-22/h3-6,18,21-22H,7-17H2,1-2H3/p+2/t22-/m1/s1. The highest BCUT2D eigenvalue weighted by Gasteiger charge is 2.43. The van der Waals surface area contributed by atoms with Crippen molar-refractivity contribution in [3.8, 4) is 0 Å². The van der Waals surface area contributed by atoms with Crippen LogP contribution in [0, 0.1) is 0 Å². The first-order chi connectivity index (χ1) is 14.3. The molecule has 2 N–H and O–H groups in total. The minimum absolute atomic E-state index is 0.0878. The maximum atomic E-state index is 13.1. The van der Waals surface area contributed by atoms with Crippen molar-refractivity contribution in [3.05, 3.63) is 35.4 Å². The molecule has 0 unspecified atom stereocenters. The molecule has 1 aromatic carbocycles. The summed E-state index contributed by atoms with van der Waals surface area (Å²) in [4.78, 5) is 17.9. The van der Waals surface area contributed by atoms with Crippen molar-refractivity contribution in [3.63, 3.8) is 0 Å². The number of nitrogens with one attached hydrogen (secondary N) is 2. The van der Waals surface area contributed by atoms with E-state index in [2.05, 4.69) is 38.1 Å². The first-order valence-electron chi connectivity index (χ1n) is 11.6. The Balaban J connectivity index is 1.26. The van der Waals surface area contributed by atoms with Crippen LogP contribution in [0.3, 0.4) is 0 Å². The van der Waals surface area contributed by atoms with Gasteiger partial charge in [0.2, 0.25) is 0 Å². The summed E-state index contributed by atoms with van der Waals surface area (Å²) in [6.45, 7) is 10.2. The number of rotatable bonds is 7. The molecule has 7 heteroatoms. The van der Waals surface area contributed by atoms with Gasteiger partial charge in [0.15, 0.2) is 16.4 Å². The molecule has 0 spiro atoms. The lowest BCUT2D eigenvalue weighted by Crippen LogP contribution is -3.28. The summed E-state index contributed by atoms with van der Waals surface area (Å²) in [5.74, 6) is 1.14. The van der Waals surface area contributed by atoms with Crippen molar-refractivity contribution in [1.82, 2.24) is 4.90 Å². The zero-order valence-corrected chi connectivity index (χ0v) is 19.2. The van der Waals surface area contributed by atoms with E-state index in [9.17, 15) is 13.2 Å². The van der Waals surface area contributed by atoms with Crippen LogP contribution in [0.25, 0.3) is 0 Å². The number of carbonyl (C=O) groups excluding carboxylic acids is 1. The van der Waals surface area contributed by atoms with Gasteiger partial charge in [0, 0.05) is 17.6 Å². The molecule has 1 saturated carbocycles. The zero-order valence-electron chi connectivity index (χ0n) is 18.4. The van der Waals surface area contributed by atoms with Gasteiger partial charge in [0.05, 0.1) is 11.5 Å². The number of quaternary nitrogens is 2. The van der Waals surface area contributed by atoms with E-state index in [0.29, 0.717) is 18.9 Å². The number of sulfone groups is 1. The number of carbonyl (C=O) groups is 1. The Bertz CT molecular complexity index is 841. The Hall–Kier alpha value is -1.44. The molecule has 4 rings (SSSR count). The maximum Gasteiger partial charge on any atom is 0.278 e. The van der Waals surface area contributed by atoms with Crippen LogP contribution in [0.4, 0.5) is 0 Å². The van der Waals surface area contributed by atoms with Gasteiger partial charge in [-0.3, -0.25) is 4.79 Å². The van der Waals surface area contributed by atoms with Gasteiger partial charge in [-0.25, -0.2) is 8.42 Å². The first kappa shape index (κ1) is 21.8. The lowest BCUT2D eigenvalue weighted by Gasteiger charge is -2.33. The summed E-state index contributed by atoms with van der Waals surface area (Å²) in [5.41, 5.74) is 2.77. The highest BCUT2D eigenvalue weighted by molar-refractivity contribution is 7.91. The van der Waals surface area contributed by atoms with E-state index in [1.54, 1.807) is 4.90 Å². The number of benzene rings is 1. The van der Waals surface area contributed by atoms with Gasteiger partial charge < -0.3 is 14.7 Å². The number of piperazine rings is 1. The van der Waals surface area contributed by atoms with Crippen molar-refractivity contribution in [1.29, 1.82) is 0 Å². The molecule has 2 aliphatic heterocycles. The maximum absolute atomic E-state index is 13.1. The molecular formula is C23H37N3O3S+2. The summed E-state index contributed by atoms with van der Waals surface area (Å²) in [6.07, 6.45) is 2.68. The third-order valence-corrected chi connectivity index (χ3v) is 8.75. The van der Waals surface area contributed by atoms with Crippen molar-refractivity contribution in [2.45, 2.75) is 57.7 Å². The van der Waals surface area contributed by atoms with Crippen molar-refractivity contribution >= 4 is 15.7 Å². The molecule has 1 aromatic rings. The fourth-order valence-electron chi connectivity index (χ4n) is 4.98. The molecule has 1 amide bonds. The average molecular weight is 436 g/mol. The van der Waals surface area contributed by atoms with Crippen LogP contribution in [-0.2, 0) is 21.2 Å². The third kappa shape index (κ3) is 5.42. The Morgan fingerprint density at radius 1 is 1.00 bits per heavy atom. The lowest BCUT2D eigenvalue weighted by molar-refractivity contribution is -1.02. The van der Waals surface area contributed by atoms with Crippen molar-refractivity contribution in [2.24, 2.45) is 0 Å². The van der Waals surface area contributed by atoms with Crippen LogP contribution in [0.2, 0.25) is 0 Å². The second kappa shape index (κ2) is 8.97. The molecule has 3 aliphatic rings. The number of hydrogen-bond acceptors (Lipinski definition) is 3. The molecule has 2 heterocycles. The summed E-state index contributed by atoms with van der Waals surface area (Å²) in [5, 5.41) is 0. The monoisotopic (exact) mass is 435 g/mol. The fourth-order valence-corrected chi connectivity index (χ4v) is 6.69. The van der Waals surface area contributed by atoms with Crippen LogP contribution in [0.5, 0.6) is 0 Å². The largest absolute Gasteiger partial charge is 0.331 e. The van der Waals surface area contributed by atoms with Crippen LogP contribution in [0.15, 0.2) is 24.3 Å². The SMILES string of the molecule is CC(C)c1ccc(C[NH+]2CC[NH+](CC(=O)N(C3CC3)[C@@H]3CCS(=O)(=O)C3)CC2)cc1. The molecule has 166 valence electrons. The number of amides is 1. The van der Waals surface area contributed by atoms with E-state index < -0.39 is 9.84 Å². The number of nitrogens with zero attached hydrogens (tertiary/aromatic N) is 1. The van der Waals surface area contributed by atoms with Gasteiger partial charge in [0.25, 0.3) is 5.91 Å². The Morgan fingerprint density at radius 2 is 1.63 bits per heavy atom. The molecule has 1 aliphatic carbocycles. The molecule has 2 saturated heterocycles. The molecule has 0 bridgehead atoms. The van der Waals surface area contributed by atoms with Gasteiger partial charge in [-0.1, -0.05) is 38.1 Å². The topological polar surface area (TPSA) is 63.3 Å². The quantitative estimate of drug-likeness (QED) is 0.594. The van der Waals surface area contributed by atoms with E-state index in [1.807, 2.05) is 4.90 Å². The van der Waals surface area contributed by atoms with Crippen molar-refractivity contribution < 1.29 is 23.0 Å². The van der Waals surface area contributed by atoms with Gasteiger partial charge in [-0.2, -0.15) is 0 Å². The van der Waals surface area contributed by atoms with Crippen LogP contribution >= 0.6 is 0 Å². The van der Waals surface area contributed by atoms with Gasteiger partial charge >= 0.3 is 0 Å². The van der Waals surface area contributed by atoms with E-state index in [1.165, 1.54) is 16.0 Å². The van der Waals surface area contributed by atoms with E-state index >= 15 is 0 Å². The molecular weight excluding hydrogens is 398 g/mol. The Kier molecular flexibility index (Phi) is 6.51. The fraction of sp³-hybridized carbons (Fsp3) is 0.696. The molecule has 1 atom stereocenters. The third-order valence-electron chi connectivity index (χ3n) is 7.00. The number of hydrogen-bond donors (Lipinski definition) is 2.